The zero-order valence-corrected chi connectivity index (χ0v) is 9.82. The predicted molar refractivity (Wildman–Crippen MR) is 61.4 cm³/mol. The summed E-state index contributed by atoms with van der Waals surface area (Å²) in [6.45, 7) is 1.38. The van der Waals surface area contributed by atoms with Crippen LogP contribution in [0.25, 0.3) is 0 Å². The Balaban J connectivity index is 0.000000325. The first kappa shape index (κ1) is 15.8. The van der Waals surface area contributed by atoms with Gasteiger partial charge in [-0.05, 0) is 33.0 Å². The van der Waals surface area contributed by atoms with E-state index in [2.05, 4.69) is 16.2 Å². The summed E-state index contributed by atoms with van der Waals surface area (Å²) in [4.78, 5) is 20.2. The second-order valence-electron chi connectivity index (χ2n) is 3.71. The number of hydrazine groups is 1. The maximum Gasteiger partial charge on any atom is 0.323 e. The number of hydrogen-bond donors (Lipinski definition) is 6. The highest BCUT2D eigenvalue weighted by molar-refractivity contribution is 5.78. The molecule has 0 unspecified atom stereocenters. The van der Waals surface area contributed by atoms with Crippen molar-refractivity contribution >= 4 is 11.9 Å². The van der Waals surface area contributed by atoms with Gasteiger partial charge in [-0.2, -0.15) is 0 Å². The molecule has 0 amide bonds. The van der Waals surface area contributed by atoms with Crippen molar-refractivity contribution in [3.05, 3.63) is 0 Å². The number of aliphatic carboxylic acids is 2. The van der Waals surface area contributed by atoms with Gasteiger partial charge in [0, 0.05) is 0 Å². The summed E-state index contributed by atoms with van der Waals surface area (Å²) < 4.78 is 0. The second kappa shape index (κ2) is 7.96. The number of nitrogens with one attached hydrogen (secondary N) is 3. The largest absolute Gasteiger partial charge is 0.480 e. The lowest BCUT2D eigenvalue weighted by Crippen LogP contribution is -2.54. The molecule has 17 heavy (non-hydrogen) atoms. The topological polar surface area (TPSA) is 137 Å². The van der Waals surface area contributed by atoms with Crippen LogP contribution in [0.5, 0.6) is 0 Å². The Morgan fingerprint density at radius 2 is 1.88 bits per heavy atom. The van der Waals surface area contributed by atoms with Gasteiger partial charge in [-0.1, -0.05) is 0 Å². The molecule has 7 N–H and O–H groups in total. The van der Waals surface area contributed by atoms with Gasteiger partial charge in [0.25, 0.3) is 0 Å². The second-order valence-corrected chi connectivity index (χ2v) is 3.71. The Labute approximate surface area is 99.5 Å². The molecule has 0 aromatic heterocycles. The quantitative estimate of drug-likeness (QED) is 0.313. The SMILES string of the molecule is CNNCC(=O)O.NC1(C(=O)O)CCNCC1. The highest BCUT2D eigenvalue weighted by Gasteiger charge is 2.34. The average Bonchev–Trinajstić information content (AvgIpc) is 2.28. The average molecular weight is 248 g/mol. The molecule has 0 aromatic rings. The summed E-state index contributed by atoms with van der Waals surface area (Å²) in [5, 5.41) is 19.6. The molecule has 1 aliphatic rings. The van der Waals surface area contributed by atoms with Crippen LogP contribution < -0.4 is 21.9 Å². The predicted octanol–water partition coefficient (Wildman–Crippen LogP) is -2.05. The van der Waals surface area contributed by atoms with Gasteiger partial charge in [0.15, 0.2) is 0 Å². The number of carbonyl (C=O) groups is 2. The maximum absolute atomic E-state index is 10.5. The summed E-state index contributed by atoms with van der Waals surface area (Å²) >= 11 is 0. The highest BCUT2D eigenvalue weighted by Crippen LogP contribution is 2.14. The van der Waals surface area contributed by atoms with Gasteiger partial charge in [0.05, 0.1) is 0 Å². The van der Waals surface area contributed by atoms with Crippen LogP contribution in [0.2, 0.25) is 0 Å². The Bertz CT molecular complexity index is 253. The van der Waals surface area contributed by atoms with Gasteiger partial charge in [0.2, 0.25) is 0 Å². The third-order valence-electron chi connectivity index (χ3n) is 2.34. The monoisotopic (exact) mass is 248 g/mol. The van der Waals surface area contributed by atoms with Crippen molar-refractivity contribution in [3.63, 3.8) is 0 Å². The number of piperidine rings is 1. The molecule has 1 fully saturated rings. The van der Waals surface area contributed by atoms with E-state index in [1.807, 2.05) is 0 Å². The highest BCUT2D eigenvalue weighted by atomic mass is 16.4. The number of nitrogens with two attached hydrogens (primary N) is 1. The number of rotatable bonds is 4. The van der Waals surface area contributed by atoms with Gasteiger partial charge >= 0.3 is 11.9 Å². The minimum absolute atomic E-state index is 0.0451. The van der Waals surface area contributed by atoms with Crippen LogP contribution in [0.4, 0.5) is 0 Å². The molecule has 1 heterocycles. The van der Waals surface area contributed by atoms with Crippen LogP contribution >= 0.6 is 0 Å². The summed E-state index contributed by atoms with van der Waals surface area (Å²) in [6.07, 6.45) is 1.06. The molecule has 8 nitrogen and oxygen atoms in total. The third-order valence-corrected chi connectivity index (χ3v) is 2.34. The molecule has 0 radical (unpaired) electrons. The third kappa shape index (κ3) is 6.84. The molecule has 1 aliphatic heterocycles. The Hall–Kier alpha value is -1.22. The van der Waals surface area contributed by atoms with Crippen LogP contribution in [0.1, 0.15) is 12.8 Å². The van der Waals surface area contributed by atoms with E-state index >= 15 is 0 Å². The van der Waals surface area contributed by atoms with Crippen molar-refractivity contribution in [2.45, 2.75) is 18.4 Å². The lowest BCUT2D eigenvalue weighted by atomic mass is 9.90. The van der Waals surface area contributed by atoms with E-state index in [9.17, 15) is 9.59 Å². The van der Waals surface area contributed by atoms with Crippen LogP contribution in [0, 0.1) is 0 Å². The van der Waals surface area contributed by atoms with Crippen molar-refractivity contribution < 1.29 is 19.8 Å². The molecule has 1 rings (SSSR count). The van der Waals surface area contributed by atoms with E-state index in [1.165, 1.54) is 0 Å². The lowest BCUT2D eigenvalue weighted by molar-refractivity contribution is -0.144. The number of hydrogen-bond acceptors (Lipinski definition) is 6. The molecule has 0 bridgehead atoms. The molecule has 0 atom stereocenters. The molecule has 8 heteroatoms. The normalized spacial score (nSPS) is 17.8. The molecular weight excluding hydrogens is 228 g/mol. The first-order valence-corrected chi connectivity index (χ1v) is 5.27. The maximum atomic E-state index is 10.5. The molecule has 0 aliphatic carbocycles. The number of carboxylic acids is 2. The van der Waals surface area contributed by atoms with E-state index < -0.39 is 17.5 Å². The van der Waals surface area contributed by atoms with Crippen molar-refractivity contribution in [3.8, 4) is 0 Å². The van der Waals surface area contributed by atoms with Crippen molar-refractivity contribution in [2.75, 3.05) is 26.7 Å². The van der Waals surface area contributed by atoms with Crippen molar-refractivity contribution in [1.82, 2.24) is 16.2 Å². The van der Waals surface area contributed by atoms with Gasteiger partial charge in [-0.25, -0.2) is 5.43 Å². The van der Waals surface area contributed by atoms with Crippen molar-refractivity contribution in [1.29, 1.82) is 0 Å². The smallest absolute Gasteiger partial charge is 0.323 e. The standard InChI is InChI=1S/C6H12N2O2.C3H8N2O2/c7-6(5(9)10)1-3-8-4-2-6;1-4-5-2-3(6)7/h8H,1-4,7H2,(H,9,10);4-5H,2H2,1H3,(H,6,7). The Morgan fingerprint density at radius 3 is 2.12 bits per heavy atom. The van der Waals surface area contributed by atoms with Crippen LogP contribution in [0.3, 0.4) is 0 Å². The van der Waals surface area contributed by atoms with E-state index in [0.29, 0.717) is 25.9 Å². The number of carboxylic acid groups (broad SMARTS) is 2. The zero-order valence-electron chi connectivity index (χ0n) is 9.82. The molecule has 0 spiro atoms. The van der Waals surface area contributed by atoms with E-state index in [-0.39, 0.29) is 6.54 Å². The Morgan fingerprint density at radius 1 is 1.35 bits per heavy atom. The van der Waals surface area contributed by atoms with Crippen molar-refractivity contribution in [2.24, 2.45) is 5.73 Å². The van der Waals surface area contributed by atoms with E-state index in [0.717, 1.165) is 0 Å². The van der Waals surface area contributed by atoms with Crippen LogP contribution in [-0.2, 0) is 9.59 Å². The van der Waals surface area contributed by atoms with Crippen LogP contribution in [0.15, 0.2) is 0 Å². The van der Waals surface area contributed by atoms with Gasteiger partial charge < -0.3 is 21.3 Å². The Kier molecular flexibility index (Phi) is 7.39. The fourth-order valence-electron chi connectivity index (χ4n) is 1.25. The molecule has 100 valence electrons. The molecular formula is C9H20N4O4. The fraction of sp³-hybridized carbons (Fsp3) is 0.778. The van der Waals surface area contributed by atoms with Gasteiger partial charge in [-0.15, -0.1) is 0 Å². The summed E-state index contributed by atoms with van der Waals surface area (Å²) in [6, 6.07) is 0. The fourth-order valence-corrected chi connectivity index (χ4v) is 1.25. The summed E-state index contributed by atoms with van der Waals surface area (Å²) in [7, 11) is 1.61. The minimum atomic E-state index is -0.967. The first-order valence-electron chi connectivity index (χ1n) is 5.27. The molecule has 0 saturated carbocycles. The zero-order chi connectivity index (χ0) is 13.3. The summed E-state index contributed by atoms with van der Waals surface area (Å²) in [5.41, 5.74) is 9.46. The van der Waals surface area contributed by atoms with Crippen LogP contribution in [-0.4, -0.2) is 54.4 Å². The first-order chi connectivity index (χ1) is 7.92. The summed E-state index contributed by atoms with van der Waals surface area (Å²) in [5.74, 6) is -1.75. The van der Waals surface area contributed by atoms with Gasteiger partial charge in [0.1, 0.15) is 12.1 Å². The molecule has 1 saturated heterocycles. The lowest BCUT2D eigenvalue weighted by Gasteiger charge is -2.29. The van der Waals surface area contributed by atoms with E-state index in [1.54, 1.807) is 7.05 Å². The van der Waals surface area contributed by atoms with Gasteiger partial charge in [-0.3, -0.25) is 15.0 Å². The van der Waals surface area contributed by atoms with E-state index in [4.69, 9.17) is 15.9 Å². The minimum Gasteiger partial charge on any atom is -0.480 e. The molecule has 0 aromatic carbocycles.